The molecule has 0 saturated carbocycles. The Hall–Kier alpha value is -3.00. The normalized spacial score (nSPS) is 14.6. The third-order valence-corrected chi connectivity index (χ3v) is 7.28. The highest BCUT2D eigenvalue weighted by Crippen LogP contribution is 2.33. The van der Waals surface area contributed by atoms with Crippen LogP contribution in [0, 0.1) is 5.82 Å². The highest BCUT2D eigenvalue weighted by atomic mass is 35.5. The van der Waals surface area contributed by atoms with E-state index >= 15 is 0 Å². The largest absolute Gasteiger partial charge is 0.362 e. The van der Waals surface area contributed by atoms with E-state index < -0.39 is 5.82 Å². The van der Waals surface area contributed by atoms with E-state index in [9.17, 15) is 4.39 Å². The van der Waals surface area contributed by atoms with Crippen molar-refractivity contribution in [2.45, 2.75) is 25.9 Å². The van der Waals surface area contributed by atoms with E-state index in [1.54, 1.807) is 29.5 Å². The monoisotopic (exact) mass is 493 g/mol. The zero-order valence-electron chi connectivity index (χ0n) is 18.7. The molecular formula is C26H25ClFN5S. The molecule has 3 heterocycles. The van der Waals surface area contributed by atoms with E-state index in [0.29, 0.717) is 11.5 Å². The maximum atomic E-state index is 14.4. The average molecular weight is 494 g/mol. The second-order valence-electron chi connectivity index (χ2n) is 8.23. The number of halogens is 2. The fourth-order valence-electron chi connectivity index (χ4n) is 4.14. The number of rotatable bonds is 7. The molecule has 3 N–H and O–H groups in total. The lowest BCUT2D eigenvalue weighted by Crippen LogP contribution is -2.20. The van der Waals surface area contributed by atoms with Gasteiger partial charge in [0.1, 0.15) is 11.6 Å². The molecule has 5 rings (SSSR count). The second kappa shape index (κ2) is 10.1. The molecule has 8 heteroatoms. The Bertz CT molecular complexity index is 1340. The van der Waals surface area contributed by atoms with E-state index in [1.807, 2.05) is 12.1 Å². The Morgan fingerprint density at radius 2 is 2.03 bits per heavy atom. The van der Waals surface area contributed by atoms with Crippen LogP contribution in [0.3, 0.4) is 0 Å². The van der Waals surface area contributed by atoms with Crippen LogP contribution in [0.15, 0.2) is 60.0 Å². The molecule has 4 aromatic rings. The lowest BCUT2D eigenvalue weighted by atomic mass is 9.97. The summed E-state index contributed by atoms with van der Waals surface area (Å²) in [6.45, 7) is 4.13. The first-order valence-corrected chi connectivity index (χ1v) is 12.5. The van der Waals surface area contributed by atoms with Crippen LogP contribution in [-0.4, -0.2) is 23.1 Å². The number of anilines is 2. The molecule has 0 aliphatic carbocycles. The molecule has 34 heavy (non-hydrogen) atoms. The maximum absolute atomic E-state index is 14.4. The minimum atomic E-state index is -0.428. The summed E-state index contributed by atoms with van der Waals surface area (Å²) in [7, 11) is 0. The van der Waals surface area contributed by atoms with Crippen LogP contribution in [-0.2, 0) is 6.54 Å². The lowest BCUT2D eigenvalue weighted by molar-refractivity contribution is 0.613. The smallest absolute Gasteiger partial charge is 0.225 e. The standard InChI is InChI=1S/C26H25ClFN5S/c1-16(22-9-4-14-34-22)31-25-20-7-3-6-19(17-10-12-29-13-11-17)24(20)32-26(33-25)30-15-18-5-2-8-21(27)23(18)28/h2-10,14,16,29H,11-13,15H2,1H3,(H2,30,31,32,33). The van der Waals surface area contributed by atoms with Crippen LogP contribution < -0.4 is 16.0 Å². The van der Waals surface area contributed by atoms with Gasteiger partial charge in [-0.15, -0.1) is 11.3 Å². The first-order chi connectivity index (χ1) is 16.6. The van der Waals surface area contributed by atoms with Crippen molar-refractivity contribution in [1.29, 1.82) is 0 Å². The molecule has 1 aliphatic heterocycles. The van der Waals surface area contributed by atoms with Gasteiger partial charge in [0.25, 0.3) is 0 Å². The Morgan fingerprint density at radius 1 is 1.15 bits per heavy atom. The van der Waals surface area contributed by atoms with Crippen LogP contribution in [0.5, 0.6) is 0 Å². The molecule has 0 amide bonds. The lowest BCUT2D eigenvalue weighted by Gasteiger charge is -2.19. The van der Waals surface area contributed by atoms with Gasteiger partial charge >= 0.3 is 0 Å². The zero-order valence-corrected chi connectivity index (χ0v) is 20.3. The van der Waals surface area contributed by atoms with Crippen LogP contribution in [0.25, 0.3) is 16.5 Å². The molecule has 1 unspecified atom stereocenters. The predicted octanol–water partition coefficient (Wildman–Crippen LogP) is 6.65. The topological polar surface area (TPSA) is 61.9 Å². The van der Waals surface area contributed by atoms with Crippen molar-refractivity contribution in [3.8, 4) is 0 Å². The highest BCUT2D eigenvalue weighted by Gasteiger charge is 2.17. The quantitative estimate of drug-likeness (QED) is 0.269. The van der Waals surface area contributed by atoms with Crippen LogP contribution in [0.4, 0.5) is 16.2 Å². The van der Waals surface area contributed by atoms with Gasteiger partial charge in [0, 0.05) is 34.5 Å². The van der Waals surface area contributed by atoms with Gasteiger partial charge in [0.2, 0.25) is 5.95 Å². The Labute approximate surface area is 207 Å². The third-order valence-electron chi connectivity index (χ3n) is 5.93. The molecule has 5 nitrogen and oxygen atoms in total. The number of nitrogens with zero attached hydrogens (tertiary/aromatic N) is 2. The van der Waals surface area contributed by atoms with E-state index in [4.69, 9.17) is 21.6 Å². The van der Waals surface area contributed by atoms with Gasteiger partial charge in [-0.05, 0) is 49.0 Å². The van der Waals surface area contributed by atoms with Crippen molar-refractivity contribution >= 4 is 51.2 Å². The number of benzene rings is 2. The van der Waals surface area contributed by atoms with Crippen molar-refractivity contribution < 1.29 is 4.39 Å². The molecule has 0 bridgehead atoms. The summed E-state index contributed by atoms with van der Waals surface area (Å²) >= 11 is 7.66. The summed E-state index contributed by atoms with van der Waals surface area (Å²) in [4.78, 5) is 10.9. The summed E-state index contributed by atoms with van der Waals surface area (Å²) in [6.07, 6.45) is 3.16. The number of hydrogen-bond donors (Lipinski definition) is 3. The van der Waals surface area contributed by atoms with Gasteiger partial charge < -0.3 is 16.0 Å². The Balaban J connectivity index is 1.55. The minimum absolute atomic E-state index is 0.0816. The number of para-hydroxylation sites is 1. The second-order valence-corrected chi connectivity index (χ2v) is 9.62. The fourth-order valence-corrected chi connectivity index (χ4v) is 5.07. The predicted molar refractivity (Wildman–Crippen MR) is 140 cm³/mol. The van der Waals surface area contributed by atoms with E-state index in [1.165, 1.54) is 10.5 Å². The van der Waals surface area contributed by atoms with E-state index in [2.05, 4.69) is 52.5 Å². The molecule has 0 saturated heterocycles. The van der Waals surface area contributed by atoms with Crippen LogP contribution in [0.2, 0.25) is 5.02 Å². The highest BCUT2D eigenvalue weighted by molar-refractivity contribution is 7.10. The van der Waals surface area contributed by atoms with Crippen molar-refractivity contribution in [2.24, 2.45) is 0 Å². The molecule has 174 valence electrons. The molecule has 0 fully saturated rings. The molecule has 0 radical (unpaired) electrons. The van der Waals surface area contributed by atoms with Gasteiger partial charge in [-0.1, -0.05) is 48.0 Å². The first kappa shape index (κ1) is 22.8. The molecule has 2 aromatic carbocycles. The van der Waals surface area contributed by atoms with E-state index in [0.717, 1.165) is 41.8 Å². The molecule has 1 aliphatic rings. The SMILES string of the molecule is CC(Nc1nc(NCc2cccc(Cl)c2F)nc2c(C3=CCNCC3)cccc12)c1cccs1. The summed E-state index contributed by atoms with van der Waals surface area (Å²) in [5.74, 6) is 0.758. The van der Waals surface area contributed by atoms with Crippen molar-refractivity contribution in [1.82, 2.24) is 15.3 Å². The molecular weight excluding hydrogens is 469 g/mol. The summed E-state index contributed by atoms with van der Waals surface area (Å²) in [5, 5.41) is 13.3. The minimum Gasteiger partial charge on any atom is -0.362 e. The summed E-state index contributed by atoms with van der Waals surface area (Å²) < 4.78 is 14.4. The maximum Gasteiger partial charge on any atom is 0.225 e. The molecule has 2 aromatic heterocycles. The van der Waals surface area contributed by atoms with Crippen LogP contribution in [0.1, 0.15) is 35.4 Å². The van der Waals surface area contributed by atoms with Crippen molar-refractivity contribution in [2.75, 3.05) is 23.7 Å². The van der Waals surface area contributed by atoms with Gasteiger partial charge in [0.15, 0.2) is 0 Å². The van der Waals surface area contributed by atoms with Gasteiger partial charge in [0.05, 0.1) is 16.6 Å². The van der Waals surface area contributed by atoms with Crippen molar-refractivity contribution in [3.63, 3.8) is 0 Å². The Morgan fingerprint density at radius 3 is 2.82 bits per heavy atom. The molecule has 1 atom stereocenters. The number of aromatic nitrogens is 2. The van der Waals surface area contributed by atoms with Gasteiger partial charge in [-0.25, -0.2) is 9.37 Å². The summed E-state index contributed by atoms with van der Waals surface area (Å²) in [5.41, 5.74) is 3.71. The van der Waals surface area contributed by atoms with Gasteiger partial charge in [-0.3, -0.25) is 0 Å². The number of thiophene rings is 1. The van der Waals surface area contributed by atoms with E-state index in [-0.39, 0.29) is 17.6 Å². The number of hydrogen-bond acceptors (Lipinski definition) is 6. The average Bonchev–Trinajstić information content (AvgIpc) is 3.40. The molecule has 0 spiro atoms. The fraction of sp³-hybridized carbons (Fsp3) is 0.231. The summed E-state index contributed by atoms with van der Waals surface area (Å²) in [6, 6.07) is 15.4. The van der Waals surface area contributed by atoms with Crippen molar-refractivity contribution in [3.05, 3.63) is 86.8 Å². The van der Waals surface area contributed by atoms with Gasteiger partial charge in [-0.2, -0.15) is 4.98 Å². The number of fused-ring (bicyclic) bond motifs is 1. The zero-order chi connectivity index (χ0) is 23.5. The number of nitrogens with one attached hydrogen (secondary N) is 3. The Kier molecular flexibility index (Phi) is 6.76. The third kappa shape index (κ3) is 4.78. The van der Waals surface area contributed by atoms with Crippen LogP contribution >= 0.6 is 22.9 Å². The first-order valence-electron chi connectivity index (χ1n) is 11.3.